The third-order valence-corrected chi connectivity index (χ3v) is 6.15. The van der Waals surface area contributed by atoms with E-state index in [0.717, 1.165) is 30.0 Å². The molecule has 1 saturated carbocycles. The highest BCUT2D eigenvalue weighted by Gasteiger charge is 2.23. The van der Waals surface area contributed by atoms with Crippen LogP contribution < -0.4 is 5.32 Å². The third kappa shape index (κ3) is 3.68. The Balaban J connectivity index is 1.22. The second-order valence-electron chi connectivity index (χ2n) is 8.09. The highest BCUT2D eigenvalue weighted by atomic mass is 15.0. The fourth-order valence-electron chi connectivity index (χ4n) is 4.52. The van der Waals surface area contributed by atoms with Crippen LogP contribution >= 0.6 is 0 Å². The zero-order valence-electron chi connectivity index (χ0n) is 16.2. The van der Waals surface area contributed by atoms with Gasteiger partial charge in [-0.15, -0.1) is 0 Å². The maximum atomic E-state index is 4.66. The summed E-state index contributed by atoms with van der Waals surface area (Å²) in [7, 11) is 0. The van der Waals surface area contributed by atoms with E-state index in [-0.39, 0.29) is 0 Å². The van der Waals surface area contributed by atoms with E-state index < -0.39 is 0 Å². The van der Waals surface area contributed by atoms with E-state index in [1.54, 1.807) is 0 Å². The van der Waals surface area contributed by atoms with Gasteiger partial charge in [-0.2, -0.15) is 0 Å². The average molecular weight is 371 g/mol. The summed E-state index contributed by atoms with van der Waals surface area (Å²) in [5.74, 6) is 8.19. The molecular formula is C24H26N4. The maximum Gasteiger partial charge on any atom is 0.110 e. The van der Waals surface area contributed by atoms with E-state index in [9.17, 15) is 0 Å². The fourth-order valence-corrected chi connectivity index (χ4v) is 4.52. The third-order valence-electron chi connectivity index (χ3n) is 6.15. The SMILES string of the molecule is C(#Cc1cnc(C2CCCC2)[nH]1)c1ccc(C2=CN=C([C@@H]3CCCN3)C2)cc1. The van der Waals surface area contributed by atoms with Crippen LogP contribution in [0.4, 0.5) is 0 Å². The molecule has 1 atom stereocenters. The molecule has 3 heterocycles. The molecule has 4 heteroatoms. The van der Waals surface area contributed by atoms with Gasteiger partial charge in [-0.1, -0.05) is 30.9 Å². The minimum Gasteiger partial charge on any atom is -0.335 e. The Kier molecular flexibility index (Phi) is 4.85. The molecule has 142 valence electrons. The van der Waals surface area contributed by atoms with Crippen molar-refractivity contribution in [3.8, 4) is 11.8 Å². The van der Waals surface area contributed by atoms with Crippen molar-refractivity contribution in [2.24, 2.45) is 4.99 Å². The van der Waals surface area contributed by atoms with Gasteiger partial charge in [0.25, 0.3) is 0 Å². The zero-order valence-corrected chi connectivity index (χ0v) is 16.2. The number of hydrogen-bond acceptors (Lipinski definition) is 3. The molecule has 2 N–H and O–H groups in total. The van der Waals surface area contributed by atoms with Crippen LogP contribution in [0, 0.1) is 11.8 Å². The molecule has 1 aromatic carbocycles. The lowest BCUT2D eigenvalue weighted by Crippen LogP contribution is -2.29. The highest BCUT2D eigenvalue weighted by molar-refractivity contribution is 6.01. The zero-order chi connectivity index (χ0) is 18.8. The Bertz CT molecular complexity index is 956. The molecule has 3 aliphatic rings. The van der Waals surface area contributed by atoms with E-state index in [1.165, 1.54) is 55.4 Å². The number of rotatable bonds is 3. The minimum absolute atomic E-state index is 0.474. The van der Waals surface area contributed by atoms with Crippen molar-refractivity contribution in [3.05, 3.63) is 59.3 Å². The first kappa shape index (κ1) is 17.5. The van der Waals surface area contributed by atoms with Crippen LogP contribution in [0.25, 0.3) is 5.57 Å². The number of nitrogens with one attached hydrogen (secondary N) is 2. The van der Waals surface area contributed by atoms with Crippen LogP contribution in [0.2, 0.25) is 0 Å². The normalized spacial score (nSPS) is 22.1. The quantitative estimate of drug-likeness (QED) is 0.787. The van der Waals surface area contributed by atoms with Crippen molar-refractivity contribution in [1.29, 1.82) is 0 Å². The lowest BCUT2D eigenvalue weighted by atomic mass is 9.98. The molecule has 2 fully saturated rings. The van der Waals surface area contributed by atoms with E-state index in [4.69, 9.17) is 0 Å². The largest absolute Gasteiger partial charge is 0.335 e. The van der Waals surface area contributed by atoms with Crippen LogP contribution in [0.5, 0.6) is 0 Å². The number of imidazole rings is 1. The summed E-state index contributed by atoms with van der Waals surface area (Å²) in [4.78, 5) is 12.6. The predicted octanol–water partition coefficient (Wildman–Crippen LogP) is 4.40. The number of H-pyrrole nitrogens is 1. The van der Waals surface area contributed by atoms with Crippen molar-refractivity contribution >= 4 is 11.3 Å². The molecule has 0 bridgehead atoms. The molecule has 4 nitrogen and oxygen atoms in total. The molecule has 28 heavy (non-hydrogen) atoms. The summed E-state index contributed by atoms with van der Waals surface area (Å²) in [6, 6.07) is 9.00. The van der Waals surface area contributed by atoms with Gasteiger partial charge in [0.15, 0.2) is 0 Å². The molecule has 5 rings (SSSR count). The number of aliphatic imine (C=N–C) groups is 1. The van der Waals surface area contributed by atoms with Gasteiger partial charge in [0, 0.05) is 35.9 Å². The average Bonchev–Trinajstić information content (AvgIpc) is 3.53. The Morgan fingerprint density at radius 3 is 2.61 bits per heavy atom. The smallest absolute Gasteiger partial charge is 0.110 e. The van der Waals surface area contributed by atoms with Crippen molar-refractivity contribution in [1.82, 2.24) is 15.3 Å². The first-order valence-electron chi connectivity index (χ1n) is 10.5. The van der Waals surface area contributed by atoms with Gasteiger partial charge in [-0.3, -0.25) is 4.99 Å². The Morgan fingerprint density at radius 2 is 1.82 bits per heavy atom. The molecule has 1 saturated heterocycles. The Hall–Kier alpha value is -2.64. The van der Waals surface area contributed by atoms with Crippen LogP contribution in [0.1, 0.15) is 73.5 Å². The van der Waals surface area contributed by atoms with Gasteiger partial charge in [0.1, 0.15) is 11.5 Å². The maximum absolute atomic E-state index is 4.66. The molecule has 2 aromatic rings. The van der Waals surface area contributed by atoms with E-state index in [2.05, 4.69) is 56.4 Å². The van der Waals surface area contributed by atoms with Crippen LogP contribution in [0.3, 0.4) is 0 Å². The fraction of sp³-hybridized carbons (Fsp3) is 0.417. The van der Waals surface area contributed by atoms with Crippen molar-refractivity contribution in [2.75, 3.05) is 6.54 Å². The second kappa shape index (κ2) is 7.77. The number of nitrogens with zero attached hydrogens (tertiary/aromatic N) is 2. The monoisotopic (exact) mass is 370 g/mol. The molecule has 0 spiro atoms. The highest BCUT2D eigenvalue weighted by Crippen LogP contribution is 2.32. The second-order valence-corrected chi connectivity index (χ2v) is 8.09. The number of allylic oxidation sites excluding steroid dienone is 1. The summed E-state index contributed by atoms with van der Waals surface area (Å²) >= 11 is 0. The lowest BCUT2D eigenvalue weighted by molar-refractivity contribution is 0.678. The van der Waals surface area contributed by atoms with Crippen molar-refractivity contribution in [2.45, 2.75) is 56.9 Å². The van der Waals surface area contributed by atoms with E-state index in [0.29, 0.717) is 12.0 Å². The van der Waals surface area contributed by atoms with Gasteiger partial charge < -0.3 is 10.3 Å². The van der Waals surface area contributed by atoms with E-state index >= 15 is 0 Å². The van der Waals surface area contributed by atoms with Crippen LogP contribution in [-0.4, -0.2) is 28.3 Å². The molecule has 0 unspecified atom stereocenters. The van der Waals surface area contributed by atoms with Gasteiger partial charge in [0.05, 0.1) is 6.20 Å². The first-order valence-corrected chi connectivity index (χ1v) is 10.5. The number of aromatic nitrogens is 2. The Labute approximate surface area is 166 Å². The van der Waals surface area contributed by atoms with Gasteiger partial charge >= 0.3 is 0 Å². The first-order chi connectivity index (χ1) is 13.8. The molecule has 1 aromatic heterocycles. The number of aromatic amines is 1. The molecular weight excluding hydrogens is 344 g/mol. The summed E-state index contributed by atoms with van der Waals surface area (Å²) in [6.07, 6.45) is 12.5. The number of benzene rings is 1. The summed E-state index contributed by atoms with van der Waals surface area (Å²) in [6.45, 7) is 1.12. The standard InChI is InChI=1S/C24H26N4/c1-2-5-19(4-1)24-27-16-21(28-24)12-9-17-7-10-18(11-8-17)20-14-23(26-15-20)22-6-3-13-25-22/h7-8,10-11,15-16,19,22,25H,1-6,13-14H2,(H,27,28)/t22-/m0/s1. The van der Waals surface area contributed by atoms with Gasteiger partial charge in [0.2, 0.25) is 0 Å². The lowest BCUT2D eigenvalue weighted by Gasteiger charge is -2.10. The summed E-state index contributed by atoms with van der Waals surface area (Å²) < 4.78 is 0. The summed E-state index contributed by atoms with van der Waals surface area (Å²) in [5.41, 5.74) is 5.77. The van der Waals surface area contributed by atoms with Crippen molar-refractivity contribution in [3.63, 3.8) is 0 Å². The topological polar surface area (TPSA) is 53.1 Å². The predicted molar refractivity (Wildman–Crippen MR) is 113 cm³/mol. The minimum atomic E-state index is 0.474. The van der Waals surface area contributed by atoms with Gasteiger partial charge in [-0.05, 0) is 61.4 Å². The molecule has 1 aliphatic carbocycles. The van der Waals surface area contributed by atoms with Crippen molar-refractivity contribution < 1.29 is 0 Å². The Morgan fingerprint density at radius 1 is 0.964 bits per heavy atom. The van der Waals surface area contributed by atoms with Crippen LogP contribution in [0.15, 0.2) is 41.7 Å². The van der Waals surface area contributed by atoms with Crippen LogP contribution in [-0.2, 0) is 0 Å². The van der Waals surface area contributed by atoms with Gasteiger partial charge in [-0.25, -0.2) is 4.98 Å². The molecule has 0 amide bonds. The van der Waals surface area contributed by atoms with E-state index in [1.807, 2.05) is 12.4 Å². The molecule has 0 radical (unpaired) electrons. The number of hydrogen-bond donors (Lipinski definition) is 2. The molecule has 2 aliphatic heterocycles. The summed E-state index contributed by atoms with van der Waals surface area (Å²) in [5, 5.41) is 3.54.